The maximum absolute atomic E-state index is 14.4. The summed E-state index contributed by atoms with van der Waals surface area (Å²) < 4.78 is 57.6. The third-order valence-corrected chi connectivity index (χ3v) is 22.1. The van der Waals surface area contributed by atoms with E-state index in [9.17, 15) is 17.6 Å². The second-order valence-corrected chi connectivity index (χ2v) is 30.7. The zero-order valence-electron chi connectivity index (χ0n) is 64.5. The maximum atomic E-state index is 14.4. The van der Waals surface area contributed by atoms with E-state index in [1.165, 1.54) is 51.7 Å². The first-order chi connectivity index (χ1) is 53.5. The largest absolute Gasteiger partial charge is 0.305 e. The van der Waals surface area contributed by atoms with Crippen LogP contribution in [-0.2, 0) is 82.0 Å². The number of aryl methyl sites for hydroxylation is 3. The Hall–Kier alpha value is -10.7. The average Bonchev–Trinajstić information content (AvgIpc) is 0.734. The summed E-state index contributed by atoms with van der Waals surface area (Å²) in [6.45, 7) is 22.7. The minimum absolute atomic E-state index is 0. The number of pyridine rings is 6. The number of fused-ring (bicyclic) bond motifs is 9. The van der Waals surface area contributed by atoms with E-state index in [0.717, 1.165) is 133 Å². The Kier molecular flexibility index (Phi) is 23.3. The van der Waals surface area contributed by atoms with Crippen LogP contribution in [0.25, 0.3) is 121 Å². The number of hydrogen-bond acceptors (Lipinski definition) is 6. The summed E-state index contributed by atoms with van der Waals surface area (Å²) in [6, 6.07) is 91.0. The number of benzene rings is 11. The molecule has 0 fully saturated rings. The van der Waals surface area contributed by atoms with Crippen LogP contribution < -0.4 is 0 Å². The van der Waals surface area contributed by atoms with Crippen molar-refractivity contribution in [1.29, 1.82) is 0 Å². The summed E-state index contributed by atoms with van der Waals surface area (Å²) in [5.74, 6) is -0.733. The van der Waals surface area contributed by atoms with Crippen LogP contribution in [0.1, 0.15) is 117 Å². The van der Waals surface area contributed by atoms with Crippen molar-refractivity contribution in [3.8, 4) is 67.5 Å². The van der Waals surface area contributed by atoms with Crippen molar-refractivity contribution in [3.63, 3.8) is 0 Å². The zero-order chi connectivity index (χ0) is 77.3. The standard InChI is InChI=1S/4C18H13FN.C16H12N.C13H12N.3Ir/c4*1-18(2)13-7-3-5-11-9-10-20-17(15(11)13)12-6-4-8-14(19)16(12)18;1-12-5-4-7-14(11-12)16-15-8-3-2-6-13(15)9-10-17-16;1-10-4-3-5-12(8-10)13-9-11(2)6-7-14-13;;;/h4*3-5,7-10H,1-2H3;2-6,8-11H,1H3;3-4,6-9H,1-2H3;;;/q6*-1;;;. The average molecular weight is 2030 g/mol. The fourth-order valence-corrected chi connectivity index (χ4v) is 16.8. The Balaban J connectivity index is 0.000000119. The van der Waals surface area contributed by atoms with Gasteiger partial charge in [0.1, 0.15) is 0 Å². The molecule has 114 heavy (non-hydrogen) atoms. The molecule has 0 spiro atoms. The molecule has 0 amide bonds. The summed E-state index contributed by atoms with van der Waals surface area (Å²) in [7, 11) is 0. The Morgan fingerprint density at radius 3 is 0.886 bits per heavy atom. The first-order valence-corrected chi connectivity index (χ1v) is 37.1. The molecule has 0 N–H and O–H groups in total. The van der Waals surface area contributed by atoms with Crippen LogP contribution in [0.3, 0.4) is 0 Å². The third-order valence-electron chi connectivity index (χ3n) is 22.1. The predicted octanol–water partition coefficient (Wildman–Crippen LogP) is 25.1. The molecule has 4 aliphatic carbocycles. The quantitative estimate of drug-likeness (QED) is 0.127. The first kappa shape index (κ1) is 81.3. The molecular weight excluding hydrogens is 1950 g/mol. The fourth-order valence-electron chi connectivity index (χ4n) is 16.8. The summed E-state index contributed by atoms with van der Waals surface area (Å²) in [4.78, 5) is 26.8. The van der Waals surface area contributed by atoms with Gasteiger partial charge >= 0.3 is 0 Å². The van der Waals surface area contributed by atoms with Crippen LogP contribution in [-0.4, -0.2) is 29.9 Å². The molecule has 6 nitrogen and oxygen atoms in total. The Morgan fingerprint density at radius 1 is 0.263 bits per heavy atom. The zero-order valence-corrected chi connectivity index (χ0v) is 71.7. The molecule has 571 valence electrons. The van der Waals surface area contributed by atoms with Gasteiger partial charge in [-0.3, -0.25) is 0 Å². The Labute approximate surface area is 703 Å². The van der Waals surface area contributed by atoms with Crippen molar-refractivity contribution in [2.45, 2.75) is 97.8 Å². The number of hydrogen-bond donors (Lipinski definition) is 0. The molecule has 0 aliphatic heterocycles. The third kappa shape index (κ3) is 14.6. The molecule has 0 saturated heterocycles. The van der Waals surface area contributed by atoms with Gasteiger partial charge in [-0.2, -0.15) is 0 Å². The van der Waals surface area contributed by atoms with Crippen molar-refractivity contribution in [1.82, 2.24) is 29.9 Å². The SMILES string of the molecule is CC1(C)c2c([c-]ccc2F)-c2nccc3cccc1c23.CC1(C)c2c([c-]ccc2F)-c2nccc3cccc1c23.CC1(C)c2c([c-]ccc2F)-c2nccc3cccc1c23.CC1(C)c2c([c-]ccc2F)-c2nccc3cccc1c23.Cc1cc[c-]c(-c2cc(C)ccn2)c1.Cc1cc[c-]c(-c2nccc3ccccc23)c1.[Ir].[Ir].[Ir]. The van der Waals surface area contributed by atoms with E-state index in [2.05, 4.69) is 227 Å². The van der Waals surface area contributed by atoms with Gasteiger partial charge in [-0.25, -0.2) is 17.6 Å². The van der Waals surface area contributed by atoms with Crippen LogP contribution in [0.4, 0.5) is 17.6 Å². The van der Waals surface area contributed by atoms with Gasteiger partial charge in [0.15, 0.2) is 0 Å². The van der Waals surface area contributed by atoms with Gasteiger partial charge in [0, 0.05) is 121 Å². The van der Waals surface area contributed by atoms with E-state index >= 15 is 0 Å². The summed E-state index contributed by atoms with van der Waals surface area (Å²) in [5.41, 5.74) is 20.1. The molecule has 0 atom stereocenters. The van der Waals surface area contributed by atoms with Gasteiger partial charge < -0.3 is 29.9 Å². The first-order valence-electron chi connectivity index (χ1n) is 37.1. The van der Waals surface area contributed by atoms with E-state index in [0.29, 0.717) is 22.3 Å². The topological polar surface area (TPSA) is 77.3 Å². The van der Waals surface area contributed by atoms with E-state index in [4.69, 9.17) is 0 Å². The molecule has 4 aliphatic rings. The number of halogens is 4. The van der Waals surface area contributed by atoms with Crippen LogP contribution in [0, 0.1) is 80.4 Å². The Bertz CT molecular complexity index is 5900. The van der Waals surface area contributed by atoms with Crippen molar-refractivity contribution in [2.24, 2.45) is 0 Å². The molecule has 11 aromatic carbocycles. The van der Waals surface area contributed by atoms with Gasteiger partial charge in [0.2, 0.25) is 0 Å². The predicted molar refractivity (Wildman–Crippen MR) is 441 cm³/mol. The van der Waals surface area contributed by atoms with Crippen molar-refractivity contribution < 1.29 is 77.9 Å². The van der Waals surface area contributed by atoms with E-state index in [1.54, 1.807) is 49.1 Å². The molecule has 3 radical (unpaired) electrons. The molecule has 6 aromatic heterocycles. The molecular formula is C101H76F4Ir3N6-6. The number of rotatable bonds is 2. The van der Waals surface area contributed by atoms with Crippen molar-refractivity contribution in [3.05, 3.63) is 383 Å². The molecule has 6 heterocycles. The van der Waals surface area contributed by atoms with Gasteiger partial charge in [-0.1, -0.05) is 200 Å². The summed E-state index contributed by atoms with van der Waals surface area (Å²) in [6.07, 6.45) is 10.8. The summed E-state index contributed by atoms with van der Waals surface area (Å²) >= 11 is 0. The number of aromatic nitrogens is 6. The molecule has 13 heteroatoms. The Morgan fingerprint density at radius 2 is 0.544 bits per heavy atom. The van der Waals surface area contributed by atoms with Gasteiger partial charge in [0.25, 0.3) is 0 Å². The van der Waals surface area contributed by atoms with Crippen LogP contribution in [0.5, 0.6) is 0 Å². The maximum Gasteiger partial charge on any atom is 0.0459 e. The smallest absolute Gasteiger partial charge is 0.0459 e. The molecule has 0 bridgehead atoms. The van der Waals surface area contributed by atoms with Crippen LogP contribution in [0.15, 0.2) is 262 Å². The number of nitrogens with zero attached hydrogens (tertiary/aromatic N) is 6. The van der Waals surface area contributed by atoms with Crippen molar-refractivity contribution >= 4 is 53.9 Å². The molecule has 17 aromatic rings. The fraction of sp³-hybridized carbons (Fsp3) is 0.149. The second kappa shape index (κ2) is 32.6. The summed E-state index contributed by atoms with van der Waals surface area (Å²) in [5, 5.41) is 11.4. The molecule has 21 rings (SSSR count). The van der Waals surface area contributed by atoms with Gasteiger partial charge in [-0.15, -0.1) is 166 Å². The van der Waals surface area contributed by atoms with Gasteiger partial charge in [-0.05, 0) is 175 Å². The minimum Gasteiger partial charge on any atom is -0.305 e. The minimum atomic E-state index is -0.382. The monoisotopic (exact) mass is 2030 g/mol. The van der Waals surface area contributed by atoms with E-state index < -0.39 is 0 Å². The van der Waals surface area contributed by atoms with Crippen LogP contribution in [0.2, 0.25) is 0 Å². The normalized spacial score (nSPS) is 13.5. The van der Waals surface area contributed by atoms with E-state index in [-0.39, 0.29) is 105 Å². The van der Waals surface area contributed by atoms with E-state index in [1.807, 2.05) is 103 Å². The van der Waals surface area contributed by atoms with Gasteiger partial charge in [0.05, 0.1) is 0 Å². The molecule has 0 unspecified atom stereocenters. The van der Waals surface area contributed by atoms with Crippen LogP contribution >= 0.6 is 0 Å². The molecule has 0 saturated carbocycles. The van der Waals surface area contributed by atoms with Crippen molar-refractivity contribution in [2.75, 3.05) is 0 Å². The second-order valence-electron chi connectivity index (χ2n) is 30.7.